The van der Waals surface area contributed by atoms with Crippen LogP contribution in [0.4, 0.5) is 4.39 Å². The van der Waals surface area contributed by atoms with E-state index in [-0.39, 0.29) is 17.6 Å². The van der Waals surface area contributed by atoms with E-state index in [2.05, 4.69) is 5.32 Å². The summed E-state index contributed by atoms with van der Waals surface area (Å²) < 4.78 is 18.8. The normalized spacial score (nSPS) is 12.3. The quantitative estimate of drug-likeness (QED) is 0.775. The minimum atomic E-state index is -0.382. The highest BCUT2D eigenvalue weighted by Crippen LogP contribution is 2.23. The molecule has 17 heavy (non-hydrogen) atoms. The fourth-order valence-corrected chi connectivity index (χ4v) is 1.35. The van der Waals surface area contributed by atoms with Gasteiger partial charge in [-0.3, -0.25) is 4.79 Å². The van der Waals surface area contributed by atoms with Crippen LogP contribution in [-0.2, 0) is 4.79 Å². The average molecular weight is 239 g/mol. The van der Waals surface area contributed by atoms with Gasteiger partial charge in [0, 0.05) is 0 Å². The number of halogens is 1. The summed E-state index contributed by atoms with van der Waals surface area (Å²) in [5.41, 5.74) is 0.817. The van der Waals surface area contributed by atoms with Gasteiger partial charge < -0.3 is 10.1 Å². The third-order valence-electron chi connectivity index (χ3n) is 2.35. The van der Waals surface area contributed by atoms with Crippen LogP contribution < -0.4 is 10.1 Å². The Kier molecular flexibility index (Phi) is 4.94. The van der Waals surface area contributed by atoms with Crippen LogP contribution in [0.15, 0.2) is 18.2 Å². The Balaban J connectivity index is 2.82. The lowest BCUT2D eigenvalue weighted by molar-refractivity contribution is -0.110. The van der Waals surface area contributed by atoms with Gasteiger partial charge in [-0.1, -0.05) is 19.9 Å². The number of nitrogens with one attached hydrogen (secondary N) is 1. The van der Waals surface area contributed by atoms with E-state index < -0.39 is 0 Å². The highest BCUT2D eigenvalue weighted by Gasteiger charge is 2.10. The van der Waals surface area contributed by atoms with Crippen LogP contribution in [0.3, 0.4) is 0 Å². The molecular weight excluding hydrogens is 221 g/mol. The molecule has 0 heterocycles. The van der Waals surface area contributed by atoms with Gasteiger partial charge in [0.25, 0.3) is 0 Å². The fraction of sp³-hybridized carbons (Fsp3) is 0.462. The molecule has 1 aromatic carbocycles. The van der Waals surface area contributed by atoms with Crippen LogP contribution in [0.1, 0.15) is 32.4 Å². The van der Waals surface area contributed by atoms with E-state index in [1.165, 1.54) is 6.07 Å². The number of carbonyl (C=O) groups is 1. The van der Waals surface area contributed by atoms with Gasteiger partial charge in [-0.25, -0.2) is 4.39 Å². The standard InChI is InChI=1S/C13H18FNO2/c1-9(2)7-17-13-6-11(4-5-12(13)14)10(3)15-8-16/h4-6,8-10H,7H2,1-3H3,(H,15,16)/t10-/m1/s1. The first-order chi connectivity index (χ1) is 8.04. The summed E-state index contributed by atoms with van der Waals surface area (Å²) in [4.78, 5) is 10.3. The van der Waals surface area contributed by atoms with Crippen LogP contribution in [0.25, 0.3) is 0 Å². The van der Waals surface area contributed by atoms with Crippen molar-refractivity contribution >= 4 is 6.41 Å². The lowest BCUT2D eigenvalue weighted by Gasteiger charge is -2.14. The zero-order valence-corrected chi connectivity index (χ0v) is 10.4. The minimum absolute atomic E-state index is 0.158. The molecule has 1 amide bonds. The first kappa shape index (κ1) is 13.5. The number of rotatable bonds is 6. The molecule has 0 aromatic heterocycles. The molecule has 1 rings (SSSR count). The number of hydrogen-bond acceptors (Lipinski definition) is 2. The maximum Gasteiger partial charge on any atom is 0.207 e. The molecule has 94 valence electrons. The Bertz CT molecular complexity index is 380. The summed E-state index contributed by atoms with van der Waals surface area (Å²) in [6.45, 7) is 6.29. The van der Waals surface area contributed by atoms with Gasteiger partial charge >= 0.3 is 0 Å². The number of ether oxygens (including phenoxy) is 1. The van der Waals surface area contributed by atoms with Crippen molar-refractivity contribution in [3.05, 3.63) is 29.6 Å². The predicted octanol–water partition coefficient (Wildman–Crippen LogP) is 2.67. The number of benzene rings is 1. The molecule has 0 aliphatic carbocycles. The number of hydrogen-bond donors (Lipinski definition) is 1. The van der Waals surface area contributed by atoms with Crippen molar-refractivity contribution in [2.75, 3.05) is 6.61 Å². The molecule has 0 aliphatic heterocycles. The van der Waals surface area contributed by atoms with E-state index in [0.717, 1.165) is 5.56 Å². The van der Waals surface area contributed by atoms with Crippen LogP contribution in [-0.4, -0.2) is 13.0 Å². The monoisotopic (exact) mass is 239 g/mol. The molecule has 4 heteroatoms. The highest BCUT2D eigenvalue weighted by atomic mass is 19.1. The Labute approximate surface area is 101 Å². The lowest BCUT2D eigenvalue weighted by Crippen LogP contribution is -2.16. The molecule has 0 saturated heterocycles. The summed E-state index contributed by atoms with van der Waals surface area (Å²) in [6, 6.07) is 4.46. The van der Waals surface area contributed by atoms with Crippen molar-refractivity contribution in [1.82, 2.24) is 5.32 Å². The van der Waals surface area contributed by atoms with Crippen LogP contribution in [0.5, 0.6) is 5.75 Å². The Hall–Kier alpha value is -1.58. The summed E-state index contributed by atoms with van der Waals surface area (Å²) in [5, 5.41) is 2.61. The third-order valence-corrected chi connectivity index (χ3v) is 2.35. The van der Waals surface area contributed by atoms with Gasteiger partial charge in [-0.15, -0.1) is 0 Å². The van der Waals surface area contributed by atoms with E-state index >= 15 is 0 Å². The second kappa shape index (κ2) is 6.23. The van der Waals surface area contributed by atoms with Crippen molar-refractivity contribution in [3.63, 3.8) is 0 Å². The SMILES string of the molecule is CC(C)COc1cc([C@@H](C)NC=O)ccc1F. The highest BCUT2D eigenvalue weighted by molar-refractivity contribution is 5.48. The van der Waals surface area contributed by atoms with Gasteiger partial charge in [0.1, 0.15) is 0 Å². The molecule has 1 atom stereocenters. The zero-order chi connectivity index (χ0) is 12.8. The first-order valence-corrected chi connectivity index (χ1v) is 5.66. The summed E-state index contributed by atoms with van der Waals surface area (Å²) in [5.74, 6) is 0.187. The van der Waals surface area contributed by atoms with Gasteiger partial charge in [0.15, 0.2) is 11.6 Å². The van der Waals surface area contributed by atoms with Crippen LogP contribution in [0, 0.1) is 11.7 Å². The van der Waals surface area contributed by atoms with Gasteiger partial charge in [0.05, 0.1) is 12.6 Å². The van der Waals surface area contributed by atoms with Crippen molar-refractivity contribution in [2.24, 2.45) is 5.92 Å². The van der Waals surface area contributed by atoms with Gasteiger partial charge in [-0.2, -0.15) is 0 Å². The van der Waals surface area contributed by atoms with E-state index in [0.29, 0.717) is 18.9 Å². The first-order valence-electron chi connectivity index (χ1n) is 5.66. The zero-order valence-electron chi connectivity index (χ0n) is 10.4. The van der Waals surface area contributed by atoms with Crippen molar-refractivity contribution in [1.29, 1.82) is 0 Å². The van der Waals surface area contributed by atoms with Crippen molar-refractivity contribution in [3.8, 4) is 5.75 Å². The van der Waals surface area contributed by atoms with Crippen molar-refractivity contribution < 1.29 is 13.9 Å². The molecule has 3 nitrogen and oxygen atoms in total. The Morgan fingerprint density at radius 3 is 2.71 bits per heavy atom. The summed E-state index contributed by atoms with van der Waals surface area (Å²) >= 11 is 0. The predicted molar refractivity (Wildman–Crippen MR) is 64.3 cm³/mol. The maximum atomic E-state index is 13.5. The molecule has 1 aromatic rings. The van der Waals surface area contributed by atoms with E-state index in [9.17, 15) is 9.18 Å². The molecule has 1 N–H and O–H groups in total. The van der Waals surface area contributed by atoms with E-state index in [4.69, 9.17) is 4.74 Å². The second-order valence-corrected chi connectivity index (χ2v) is 4.40. The van der Waals surface area contributed by atoms with E-state index in [1.54, 1.807) is 12.1 Å². The largest absolute Gasteiger partial charge is 0.490 e. The van der Waals surface area contributed by atoms with Gasteiger partial charge in [0.2, 0.25) is 6.41 Å². The molecule has 0 bridgehead atoms. The molecule has 0 unspecified atom stereocenters. The summed E-state index contributed by atoms with van der Waals surface area (Å²) in [7, 11) is 0. The minimum Gasteiger partial charge on any atom is -0.490 e. The van der Waals surface area contributed by atoms with Crippen molar-refractivity contribution in [2.45, 2.75) is 26.8 Å². The molecule has 0 fully saturated rings. The molecule has 0 radical (unpaired) electrons. The van der Waals surface area contributed by atoms with E-state index in [1.807, 2.05) is 20.8 Å². The topological polar surface area (TPSA) is 38.3 Å². The molecule has 0 saturated carbocycles. The van der Waals surface area contributed by atoms with Crippen LogP contribution >= 0.6 is 0 Å². The smallest absolute Gasteiger partial charge is 0.207 e. The molecular formula is C13H18FNO2. The fourth-order valence-electron chi connectivity index (χ4n) is 1.35. The van der Waals surface area contributed by atoms with Crippen LogP contribution in [0.2, 0.25) is 0 Å². The number of carbonyl (C=O) groups excluding carboxylic acids is 1. The lowest BCUT2D eigenvalue weighted by atomic mass is 10.1. The summed E-state index contributed by atoms with van der Waals surface area (Å²) in [6.07, 6.45) is 0.628. The Morgan fingerprint density at radius 2 is 2.12 bits per heavy atom. The second-order valence-electron chi connectivity index (χ2n) is 4.40. The van der Waals surface area contributed by atoms with Gasteiger partial charge in [-0.05, 0) is 30.5 Å². The number of amides is 1. The average Bonchev–Trinajstić information content (AvgIpc) is 2.28. The third kappa shape index (κ3) is 4.06. The molecule has 0 spiro atoms. The maximum absolute atomic E-state index is 13.5. The molecule has 0 aliphatic rings. The Morgan fingerprint density at radius 1 is 1.41 bits per heavy atom.